The molecule has 0 unspecified atom stereocenters. The van der Waals surface area contributed by atoms with Gasteiger partial charge in [0.2, 0.25) is 5.91 Å². The fourth-order valence-electron chi connectivity index (χ4n) is 3.64. The van der Waals surface area contributed by atoms with E-state index < -0.39 is 5.97 Å². The number of carbonyl (C=O) groups excluding carboxylic acids is 1. The molecular formula is C19H27N3O5. The summed E-state index contributed by atoms with van der Waals surface area (Å²) in [5.74, 6) is 0.488. The fourth-order valence-corrected chi connectivity index (χ4v) is 3.64. The van der Waals surface area contributed by atoms with Gasteiger partial charge in [-0.25, -0.2) is 0 Å². The molecule has 1 aromatic rings. The van der Waals surface area contributed by atoms with Gasteiger partial charge in [0, 0.05) is 30.9 Å². The Labute approximate surface area is 159 Å². The lowest BCUT2D eigenvalue weighted by atomic mass is 10.0. The molecule has 2 aliphatic rings. The lowest BCUT2D eigenvalue weighted by molar-refractivity contribution is -0.139. The summed E-state index contributed by atoms with van der Waals surface area (Å²) in [6.07, 6.45) is 1.75. The second kappa shape index (κ2) is 9.05. The van der Waals surface area contributed by atoms with Gasteiger partial charge in [0.05, 0.1) is 13.1 Å². The summed E-state index contributed by atoms with van der Waals surface area (Å²) in [7, 11) is 0. The lowest BCUT2D eigenvalue weighted by Crippen LogP contribution is -2.48. The summed E-state index contributed by atoms with van der Waals surface area (Å²) in [5.41, 5.74) is 0.692. The number of hydrogen-bond acceptors (Lipinski definition) is 6. The van der Waals surface area contributed by atoms with Crippen LogP contribution in [0.2, 0.25) is 0 Å². The van der Waals surface area contributed by atoms with Gasteiger partial charge in [-0.15, -0.1) is 0 Å². The van der Waals surface area contributed by atoms with Gasteiger partial charge in [0.25, 0.3) is 0 Å². The number of fused-ring (bicyclic) bond motifs is 1. The number of carboxylic acids is 1. The minimum atomic E-state index is -0.793. The number of anilines is 1. The molecule has 1 aromatic carbocycles. The quantitative estimate of drug-likeness (QED) is 0.739. The molecule has 2 aliphatic heterocycles. The van der Waals surface area contributed by atoms with E-state index in [-0.39, 0.29) is 18.5 Å². The Hall–Kier alpha value is -2.32. The highest BCUT2D eigenvalue weighted by atomic mass is 16.6. The number of nitrogens with one attached hydrogen (secondary N) is 1. The minimum Gasteiger partial charge on any atom is -0.486 e. The first-order valence-corrected chi connectivity index (χ1v) is 9.43. The molecular weight excluding hydrogens is 350 g/mol. The molecule has 27 heavy (non-hydrogen) atoms. The Morgan fingerprint density at radius 2 is 1.93 bits per heavy atom. The SMILES string of the molecule is CCN(CC(=O)O)C1CCN(CC(=O)Nc2ccc3c(c2)OCCO3)CC1. The van der Waals surface area contributed by atoms with Gasteiger partial charge >= 0.3 is 5.97 Å². The molecule has 8 nitrogen and oxygen atoms in total. The summed E-state index contributed by atoms with van der Waals surface area (Å²) in [6.45, 7) is 5.73. The Kier molecular flexibility index (Phi) is 6.52. The third-order valence-electron chi connectivity index (χ3n) is 5.01. The predicted octanol–water partition coefficient (Wildman–Crippen LogP) is 1.27. The molecule has 148 valence electrons. The van der Waals surface area contributed by atoms with Crippen LogP contribution in [0.1, 0.15) is 19.8 Å². The van der Waals surface area contributed by atoms with E-state index in [0.717, 1.165) is 32.5 Å². The number of benzene rings is 1. The number of ether oxygens (including phenoxy) is 2. The predicted molar refractivity (Wildman–Crippen MR) is 100 cm³/mol. The van der Waals surface area contributed by atoms with Crippen molar-refractivity contribution >= 4 is 17.6 Å². The van der Waals surface area contributed by atoms with E-state index in [1.807, 2.05) is 17.9 Å². The van der Waals surface area contributed by atoms with Crippen LogP contribution in [-0.4, -0.2) is 78.8 Å². The maximum atomic E-state index is 12.4. The minimum absolute atomic E-state index is 0.0667. The van der Waals surface area contributed by atoms with E-state index >= 15 is 0 Å². The largest absolute Gasteiger partial charge is 0.486 e. The van der Waals surface area contributed by atoms with Crippen LogP contribution in [0.3, 0.4) is 0 Å². The molecule has 2 N–H and O–H groups in total. The average Bonchev–Trinajstić information content (AvgIpc) is 2.66. The number of likely N-dealkylation sites (tertiary alicyclic amines) is 1. The van der Waals surface area contributed by atoms with Gasteiger partial charge in [0.1, 0.15) is 13.2 Å². The van der Waals surface area contributed by atoms with Crippen LogP contribution in [0.25, 0.3) is 0 Å². The van der Waals surface area contributed by atoms with Crippen LogP contribution in [0.4, 0.5) is 5.69 Å². The van der Waals surface area contributed by atoms with Crippen LogP contribution >= 0.6 is 0 Å². The number of nitrogens with zero attached hydrogens (tertiary/aromatic N) is 2. The summed E-state index contributed by atoms with van der Waals surface area (Å²) in [4.78, 5) is 27.4. The summed E-state index contributed by atoms with van der Waals surface area (Å²) < 4.78 is 11.0. The smallest absolute Gasteiger partial charge is 0.317 e. The Bertz CT molecular complexity index is 673. The molecule has 1 amide bonds. The zero-order valence-electron chi connectivity index (χ0n) is 15.6. The standard InChI is InChI=1S/C19H27N3O5/c1-2-22(13-19(24)25)15-5-7-21(8-6-15)12-18(23)20-14-3-4-16-17(11-14)27-10-9-26-16/h3-4,11,15H,2,5-10,12-13H2,1H3,(H,20,23)(H,24,25). The molecule has 0 bridgehead atoms. The second-order valence-electron chi connectivity index (χ2n) is 6.87. The Balaban J connectivity index is 1.46. The molecule has 0 spiro atoms. The highest BCUT2D eigenvalue weighted by molar-refractivity contribution is 5.92. The first kappa shape index (κ1) is 19.4. The summed E-state index contributed by atoms with van der Waals surface area (Å²) >= 11 is 0. The molecule has 1 fully saturated rings. The van der Waals surface area contributed by atoms with Crippen LogP contribution < -0.4 is 14.8 Å². The van der Waals surface area contributed by atoms with E-state index in [4.69, 9.17) is 14.6 Å². The first-order chi connectivity index (χ1) is 13.0. The van der Waals surface area contributed by atoms with E-state index in [1.165, 1.54) is 0 Å². The highest BCUT2D eigenvalue weighted by Crippen LogP contribution is 2.32. The topological polar surface area (TPSA) is 91.3 Å². The molecule has 1 saturated heterocycles. The molecule has 2 heterocycles. The van der Waals surface area contributed by atoms with E-state index in [9.17, 15) is 9.59 Å². The van der Waals surface area contributed by atoms with Crippen LogP contribution in [0, 0.1) is 0 Å². The first-order valence-electron chi connectivity index (χ1n) is 9.43. The monoisotopic (exact) mass is 377 g/mol. The van der Waals surface area contributed by atoms with Crippen molar-refractivity contribution in [1.82, 2.24) is 9.80 Å². The van der Waals surface area contributed by atoms with Crippen molar-refractivity contribution in [3.05, 3.63) is 18.2 Å². The number of carbonyl (C=O) groups is 2. The maximum absolute atomic E-state index is 12.4. The summed E-state index contributed by atoms with van der Waals surface area (Å²) in [6, 6.07) is 5.66. The number of rotatable bonds is 7. The number of amides is 1. The second-order valence-corrected chi connectivity index (χ2v) is 6.87. The van der Waals surface area contributed by atoms with Crippen molar-refractivity contribution in [3.8, 4) is 11.5 Å². The molecule has 3 rings (SSSR count). The van der Waals surface area contributed by atoms with E-state index in [0.29, 0.717) is 36.9 Å². The summed E-state index contributed by atoms with van der Waals surface area (Å²) in [5, 5.41) is 11.9. The van der Waals surface area contributed by atoms with Crippen molar-refractivity contribution < 1.29 is 24.2 Å². The van der Waals surface area contributed by atoms with Gasteiger partial charge in [-0.2, -0.15) is 0 Å². The molecule has 0 aliphatic carbocycles. The average molecular weight is 377 g/mol. The molecule has 8 heteroatoms. The van der Waals surface area contributed by atoms with Crippen molar-refractivity contribution in [2.75, 3.05) is 51.3 Å². The number of carboxylic acid groups (broad SMARTS) is 1. The van der Waals surface area contributed by atoms with Gasteiger partial charge in [-0.3, -0.25) is 19.4 Å². The zero-order valence-corrected chi connectivity index (χ0v) is 15.6. The number of likely N-dealkylation sites (N-methyl/N-ethyl adjacent to an activating group) is 1. The third kappa shape index (κ3) is 5.33. The van der Waals surface area contributed by atoms with Crippen LogP contribution in [0.5, 0.6) is 11.5 Å². The third-order valence-corrected chi connectivity index (χ3v) is 5.01. The Morgan fingerprint density at radius 1 is 1.22 bits per heavy atom. The van der Waals surface area contributed by atoms with E-state index in [1.54, 1.807) is 12.1 Å². The van der Waals surface area contributed by atoms with E-state index in [2.05, 4.69) is 10.2 Å². The van der Waals surface area contributed by atoms with Gasteiger partial charge in [-0.05, 0) is 31.5 Å². The fraction of sp³-hybridized carbons (Fsp3) is 0.579. The zero-order chi connectivity index (χ0) is 19.2. The van der Waals surface area contributed by atoms with Gasteiger partial charge in [-0.1, -0.05) is 6.92 Å². The normalized spacial score (nSPS) is 17.7. The van der Waals surface area contributed by atoms with Crippen LogP contribution in [-0.2, 0) is 9.59 Å². The van der Waals surface area contributed by atoms with Crippen molar-refractivity contribution in [2.24, 2.45) is 0 Å². The van der Waals surface area contributed by atoms with Gasteiger partial charge < -0.3 is 19.9 Å². The molecule has 0 aromatic heterocycles. The molecule has 0 atom stereocenters. The van der Waals surface area contributed by atoms with Gasteiger partial charge in [0.15, 0.2) is 11.5 Å². The van der Waals surface area contributed by atoms with Crippen molar-refractivity contribution in [3.63, 3.8) is 0 Å². The number of hydrogen-bond donors (Lipinski definition) is 2. The maximum Gasteiger partial charge on any atom is 0.317 e. The number of aliphatic carboxylic acids is 1. The molecule has 0 saturated carbocycles. The highest BCUT2D eigenvalue weighted by Gasteiger charge is 2.26. The Morgan fingerprint density at radius 3 is 2.59 bits per heavy atom. The lowest BCUT2D eigenvalue weighted by Gasteiger charge is -2.37. The van der Waals surface area contributed by atoms with Crippen molar-refractivity contribution in [1.29, 1.82) is 0 Å². The van der Waals surface area contributed by atoms with Crippen molar-refractivity contribution in [2.45, 2.75) is 25.8 Å². The van der Waals surface area contributed by atoms with Crippen LogP contribution in [0.15, 0.2) is 18.2 Å². The number of piperidine rings is 1. The molecule has 0 radical (unpaired) electrons.